The van der Waals surface area contributed by atoms with Gasteiger partial charge in [0.1, 0.15) is 0 Å². The van der Waals surface area contributed by atoms with Crippen molar-refractivity contribution in [1.82, 2.24) is 0 Å². The third kappa shape index (κ3) is 3.28. The van der Waals surface area contributed by atoms with E-state index in [0.29, 0.717) is 5.03 Å². The van der Waals surface area contributed by atoms with Crippen LogP contribution in [0.4, 0.5) is 0 Å². The molecule has 0 atom stereocenters. The van der Waals surface area contributed by atoms with Crippen LogP contribution in [0.3, 0.4) is 0 Å². The van der Waals surface area contributed by atoms with Gasteiger partial charge in [-0.25, -0.2) is 0 Å². The van der Waals surface area contributed by atoms with E-state index >= 15 is 0 Å². The fraction of sp³-hybridized carbons (Fsp3) is 0.500. The Balaban J connectivity index is 0.000000371. The van der Waals surface area contributed by atoms with E-state index in [-0.39, 0.29) is 0 Å². The molecule has 0 saturated heterocycles. The maximum Gasteiger partial charge on any atom is 0.0548 e. The molecule has 0 aromatic rings. The molecule has 0 N–H and O–H groups in total. The summed E-state index contributed by atoms with van der Waals surface area (Å²) in [6.45, 7) is 4.00. The Labute approximate surface area is 72.5 Å². The Morgan fingerprint density at radius 2 is 1.90 bits per heavy atom. The number of hydrogen-bond acceptors (Lipinski definition) is 0. The lowest BCUT2D eigenvalue weighted by molar-refractivity contribution is 1.01. The van der Waals surface area contributed by atoms with Crippen molar-refractivity contribution in [3.63, 3.8) is 0 Å². The zero-order valence-electron chi connectivity index (χ0n) is 6.32. The molecule has 0 fully saturated rings. The van der Waals surface area contributed by atoms with E-state index in [0.717, 1.165) is 17.9 Å². The predicted molar refractivity (Wildman–Crippen MR) is 48.5 cm³/mol. The molecule has 1 aliphatic rings. The SMILES string of the molecule is CC.ClC1=C(Cl)CCC=C1. The fourth-order valence-corrected chi connectivity index (χ4v) is 0.962. The van der Waals surface area contributed by atoms with E-state index in [1.807, 2.05) is 26.0 Å². The summed E-state index contributed by atoms with van der Waals surface area (Å²) in [5, 5.41) is 1.48. The largest absolute Gasteiger partial charge is 0.0875 e. The quantitative estimate of drug-likeness (QED) is 0.526. The van der Waals surface area contributed by atoms with Gasteiger partial charge < -0.3 is 0 Å². The van der Waals surface area contributed by atoms with Crippen LogP contribution in [-0.4, -0.2) is 0 Å². The standard InChI is InChI=1S/C6H6Cl2.C2H6/c7-5-3-1-2-4-6(5)8;1-2/h1,3H,2,4H2;1-2H3. The molecule has 0 aromatic carbocycles. The molecule has 10 heavy (non-hydrogen) atoms. The van der Waals surface area contributed by atoms with Gasteiger partial charge in [0.2, 0.25) is 0 Å². The molecule has 0 bridgehead atoms. The van der Waals surface area contributed by atoms with Crippen LogP contribution in [0.15, 0.2) is 22.2 Å². The Bertz CT molecular complexity index is 145. The van der Waals surface area contributed by atoms with E-state index in [9.17, 15) is 0 Å². The monoisotopic (exact) mass is 178 g/mol. The first-order valence-electron chi connectivity index (χ1n) is 3.51. The van der Waals surface area contributed by atoms with Gasteiger partial charge in [0.25, 0.3) is 0 Å². The molecule has 2 heteroatoms. The minimum atomic E-state index is 0.693. The first kappa shape index (κ1) is 10.1. The topological polar surface area (TPSA) is 0 Å². The normalized spacial score (nSPS) is 16.4. The summed E-state index contributed by atoms with van der Waals surface area (Å²) in [5.41, 5.74) is 0. The van der Waals surface area contributed by atoms with E-state index < -0.39 is 0 Å². The summed E-state index contributed by atoms with van der Waals surface area (Å²) in [6, 6.07) is 0. The lowest BCUT2D eigenvalue weighted by atomic mass is 10.2. The van der Waals surface area contributed by atoms with Gasteiger partial charge in [-0.1, -0.05) is 43.1 Å². The van der Waals surface area contributed by atoms with Crippen LogP contribution >= 0.6 is 23.2 Å². The Kier molecular flexibility index (Phi) is 5.85. The fourth-order valence-electron chi connectivity index (χ4n) is 0.607. The van der Waals surface area contributed by atoms with Crippen molar-refractivity contribution in [2.45, 2.75) is 26.7 Å². The second-order valence-electron chi connectivity index (χ2n) is 1.69. The summed E-state index contributed by atoms with van der Waals surface area (Å²) in [7, 11) is 0. The van der Waals surface area contributed by atoms with E-state index in [4.69, 9.17) is 23.2 Å². The van der Waals surface area contributed by atoms with Gasteiger partial charge in [0, 0.05) is 5.03 Å². The molecule has 0 heterocycles. The third-order valence-corrected chi connectivity index (χ3v) is 1.90. The first-order chi connectivity index (χ1) is 4.80. The smallest absolute Gasteiger partial charge is 0.0548 e. The van der Waals surface area contributed by atoms with Crippen LogP contribution in [0.2, 0.25) is 0 Å². The molecule has 58 valence electrons. The lowest BCUT2D eigenvalue weighted by Gasteiger charge is -2.01. The molecule has 0 amide bonds. The third-order valence-electron chi connectivity index (χ3n) is 1.05. The predicted octanol–water partition coefficient (Wildman–Crippen LogP) is 4.05. The average Bonchev–Trinajstić information content (AvgIpc) is 2.00. The Morgan fingerprint density at radius 3 is 2.20 bits per heavy atom. The zero-order chi connectivity index (χ0) is 7.98. The summed E-state index contributed by atoms with van der Waals surface area (Å²) < 4.78 is 0. The van der Waals surface area contributed by atoms with Gasteiger partial charge in [0.15, 0.2) is 0 Å². The first-order valence-corrected chi connectivity index (χ1v) is 4.27. The number of rotatable bonds is 0. The molecule has 1 rings (SSSR count). The van der Waals surface area contributed by atoms with Gasteiger partial charge in [0.05, 0.1) is 5.03 Å². The lowest BCUT2D eigenvalue weighted by Crippen LogP contribution is -1.81. The summed E-state index contributed by atoms with van der Waals surface area (Å²) in [5.74, 6) is 0. The minimum Gasteiger partial charge on any atom is -0.0875 e. The highest BCUT2D eigenvalue weighted by molar-refractivity contribution is 6.40. The summed E-state index contributed by atoms with van der Waals surface area (Å²) in [6.07, 6.45) is 5.79. The van der Waals surface area contributed by atoms with E-state index in [1.54, 1.807) is 0 Å². The highest BCUT2D eigenvalue weighted by Crippen LogP contribution is 2.24. The number of hydrogen-bond donors (Lipinski definition) is 0. The second-order valence-corrected chi connectivity index (χ2v) is 2.56. The molecule has 0 unspecified atom stereocenters. The van der Waals surface area contributed by atoms with Crippen molar-refractivity contribution in [2.24, 2.45) is 0 Å². The maximum atomic E-state index is 5.66. The van der Waals surface area contributed by atoms with E-state index in [1.165, 1.54) is 0 Å². The number of allylic oxidation sites excluding steroid dienone is 4. The molecule has 0 saturated carbocycles. The van der Waals surface area contributed by atoms with Crippen molar-refractivity contribution in [3.05, 3.63) is 22.2 Å². The van der Waals surface area contributed by atoms with Crippen molar-refractivity contribution in [1.29, 1.82) is 0 Å². The highest BCUT2D eigenvalue weighted by atomic mass is 35.5. The maximum absolute atomic E-state index is 5.66. The van der Waals surface area contributed by atoms with Gasteiger partial charge in [-0.2, -0.15) is 0 Å². The van der Waals surface area contributed by atoms with Crippen molar-refractivity contribution in [3.8, 4) is 0 Å². The van der Waals surface area contributed by atoms with Crippen molar-refractivity contribution < 1.29 is 0 Å². The van der Waals surface area contributed by atoms with Crippen molar-refractivity contribution in [2.75, 3.05) is 0 Å². The molecule has 0 radical (unpaired) electrons. The Morgan fingerprint density at radius 1 is 1.30 bits per heavy atom. The van der Waals surface area contributed by atoms with Crippen LogP contribution in [-0.2, 0) is 0 Å². The summed E-state index contributed by atoms with van der Waals surface area (Å²) in [4.78, 5) is 0. The number of halogens is 2. The van der Waals surface area contributed by atoms with E-state index in [2.05, 4.69) is 0 Å². The van der Waals surface area contributed by atoms with Crippen LogP contribution in [0.1, 0.15) is 26.7 Å². The highest BCUT2D eigenvalue weighted by Gasteiger charge is 2.00. The molecule has 0 nitrogen and oxygen atoms in total. The van der Waals surface area contributed by atoms with Gasteiger partial charge in [-0.15, -0.1) is 0 Å². The average molecular weight is 179 g/mol. The molecule has 0 aromatic heterocycles. The van der Waals surface area contributed by atoms with Crippen LogP contribution in [0.5, 0.6) is 0 Å². The summed E-state index contributed by atoms with van der Waals surface area (Å²) >= 11 is 11.3. The molecule has 0 spiro atoms. The van der Waals surface area contributed by atoms with Crippen LogP contribution in [0.25, 0.3) is 0 Å². The molecule has 0 aliphatic heterocycles. The van der Waals surface area contributed by atoms with Crippen LogP contribution in [0, 0.1) is 0 Å². The molecular formula is C8H12Cl2. The zero-order valence-corrected chi connectivity index (χ0v) is 7.84. The molecular weight excluding hydrogens is 167 g/mol. The molecule has 1 aliphatic carbocycles. The van der Waals surface area contributed by atoms with Gasteiger partial charge in [-0.05, 0) is 18.9 Å². The second kappa shape index (κ2) is 5.82. The van der Waals surface area contributed by atoms with Gasteiger partial charge in [-0.3, -0.25) is 0 Å². The minimum absolute atomic E-state index is 0.693. The van der Waals surface area contributed by atoms with Crippen LogP contribution < -0.4 is 0 Å². The Hall–Kier alpha value is 0.0600. The van der Waals surface area contributed by atoms with Gasteiger partial charge >= 0.3 is 0 Å². The van der Waals surface area contributed by atoms with Crippen molar-refractivity contribution >= 4 is 23.2 Å².